The van der Waals surface area contributed by atoms with Crippen molar-refractivity contribution in [3.8, 4) is 28.5 Å². The molecule has 0 aliphatic rings. The summed E-state index contributed by atoms with van der Waals surface area (Å²) in [7, 11) is 0. The van der Waals surface area contributed by atoms with Crippen LogP contribution in [0.3, 0.4) is 0 Å². The van der Waals surface area contributed by atoms with E-state index in [4.69, 9.17) is 20.4 Å². The topological polar surface area (TPSA) is 82.8 Å². The largest absolute Gasteiger partial charge is 0.469 e. The molecule has 0 aliphatic heterocycles. The van der Waals surface area contributed by atoms with Gasteiger partial charge in [-0.1, -0.05) is 53.7 Å². The van der Waals surface area contributed by atoms with Crippen LogP contribution in [0.15, 0.2) is 80.9 Å². The Morgan fingerprint density at radius 3 is 2.48 bits per heavy atom. The third-order valence-corrected chi connectivity index (χ3v) is 5.89. The van der Waals surface area contributed by atoms with Gasteiger partial charge in [0.05, 0.1) is 28.2 Å². The van der Waals surface area contributed by atoms with Crippen LogP contribution in [0.2, 0.25) is 5.02 Å². The van der Waals surface area contributed by atoms with Crippen molar-refractivity contribution in [2.75, 3.05) is 0 Å². The number of benzene rings is 2. The Bertz CT molecular complexity index is 1330. The molecule has 0 saturated carbocycles. The first-order valence-corrected chi connectivity index (χ1v) is 10.8. The highest BCUT2D eigenvalue weighted by Gasteiger charge is 2.20. The van der Waals surface area contributed by atoms with Crippen molar-refractivity contribution in [2.45, 2.75) is 17.8 Å². The van der Waals surface area contributed by atoms with Crippen LogP contribution in [0, 0.1) is 6.92 Å². The first-order chi connectivity index (χ1) is 15.2. The monoisotopic (exact) mass is 449 g/mol. The number of hydrogen-bond donors (Lipinski definition) is 0. The lowest BCUT2D eigenvalue weighted by atomic mass is 10.2. The Labute approximate surface area is 187 Å². The van der Waals surface area contributed by atoms with Gasteiger partial charge in [-0.2, -0.15) is 0 Å². The number of furan rings is 1. The molecule has 0 fully saturated rings. The van der Waals surface area contributed by atoms with Crippen molar-refractivity contribution in [3.05, 3.63) is 83.6 Å². The van der Waals surface area contributed by atoms with Gasteiger partial charge in [-0.3, -0.25) is 4.57 Å². The van der Waals surface area contributed by atoms with E-state index >= 15 is 0 Å². The number of rotatable bonds is 6. The van der Waals surface area contributed by atoms with Crippen LogP contribution in [-0.2, 0) is 5.75 Å². The quantitative estimate of drug-likeness (QED) is 0.301. The lowest BCUT2D eigenvalue weighted by Gasteiger charge is -2.09. The fourth-order valence-electron chi connectivity index (χ4n) is 3.15. The first kappa shape index (κ1) is 19.6. The summed E-state index contributed by atoms with van der Waals surface area (Å²) in [5.41, 5.74) is 2.55. The highest BCUT2D eigenvalue weighted by molar-refractivity contribution is 7.98. The number of nitrogens with zero attached hydrogens (tertiary/aromatic N) is 5. The van der Waals surface area contributed by atoms with Crippen molar-refractivity contribution >= 4 is 23.4 Å². The fraction of sp³-hybridized carbons (Fsp3) is 0.0909. The lowest BCUT2D eigenvalue weighted by molar-refractivity contribution is 0.528. The molecule has 0 spiro atoms. The van der Waals surface area contributed by atoms with E-state index in [2.05, 4.69) is 20.4 Å². The third-order valence-electron chi connectivity index (χ3n) is 4.64. The van der Waals surface area contributed by atoms with Gasteiger partial charge in [0.2, 0.25) is 11.8 Å². The van der Waals surface area contributed by atoms with Crippen LogP contribution in [0.25, 0.3) is 28.5 Å². The molecular formula is C22H16ClN5O2S. The highest BCUT2D eigenvalue weighted by atomic mass is 35.5. The Hall–Kier alpha value is -3.36. The highest BCUT2D eigenvalue weighted by Crippen LogP contribution is 2.32. The molecule has 0 atom stereocenters. The van der Waals surface area contributed by atoms with E-state index < -0.39 is 0 Å². The van der Waals surface area contributed by atoms with Gasteiger partial charge in [0.25, 0.3) is 0 Å². The van der Waals surface area contributed by atoms with E-state index in [1.807, 2.05) is 66.1 Å². The molecule has 3 heterocycles. The minimum absolute atomic E-state index is 0.389. The number of aromatic nitrogens is 5. The third kappa shape index (κ3) is 3.87. The number of para-hydroxylation sites is 1. The van der Waals surface area contributed by atoms with Crippen molar-refractivity contribution in [1.29, 1.82) is 0 Å². The van der Waals surface area contributed by atoms with Gasteiger partial charge in [0.15, 0.2) is 11.0 Å². The summed E-state index contributed by atoms with van der Waals surface area (Å²) >= 11 is 7.69. The molecule has 5 rings (SSSR count). The zero-order chi connectivity index (χ0) is 21.2. The maximum Gasteiger partial charge on any atom is 0.249 e. The average Bonchev–Trinajstić information content (AvgIpc) is 3.52. The minimum atomic E-state index is 0.389. The van der Waals surface area contributed by atoms with Gasteiger partial charge in [0.1, 0.15) is 5.76 Å². The first-order valence-electron chi connectivity index (χ1n) is 9.46. The van der Waals surface area contributed by atoms with E-state index in [1.54, 1.807) is 12.3 Å². The van der Waals surface area contributed by atoms with Gasteiger partial charge in [-0.05, 0) is 37.3 Å². The van der Waals surface area contributed by atoms with Crippen LogP contribution in [-0.4, -0.2) is 25.0 Å². The van der Waals surface area contributed by atoms with Gasteiger partial charge in [-0.15, -0.1) is 20.4 Å². The summed E-state index contributed by atoms with van der Waals surface area (Å²) < 4.78 is 13.3. The minimum Gasteiger partial charge on any atom is -0.469 e. The van der Waals surface area contributed by atoms with Crippen molar-refractivity contribution in [2.24, 2.45) is 0 Å². The molecule has 31 heavy (non-hydrogen) atoms. The van der Waals surface area contributed by atoms with E-state index in [-0.39, 0.29) is 0 Å². The fourth-order valence-corrected chi connectivity index (χ4v) is 4.15. The molecule has 0 amide bonds. The van der Waals surface area contributed by atoms with Gasteiger partial charge < -0.3 is 8.83 Å². The molecule has 0 bridgehead atoms. The predicted molar refractivity (Wildman–Crippen MR) is 118 cm³/mol. The number of hydrogen-bond acceptors (Lipinski definition) is 7. The lowest BCUT2D eigenvalue weighted by Crippen LogP contribution is -1.99. The maximum absolute atomic E-state index is 6.23. The van der Waals surface area contributed by atoms with Crippen molar-refractivity contribution < 1.29 is 8.83 Å². The van der Waals surface area contributed by atoms with Gasteiger partial charge >= 0.3 is 0 Å². The molecule has 2 aromatic carbocycles. The zero-order valence-electron chi connectivity index (χ0n) is 16.4. The van der Waals surface area contributed by atoms with Crippen LogP contribution < -0.4 is 0 Å². The van der Waals surface area contributed by atoms with E-state index in [0.717, 1.165) is 17.0 Å². The second kappa shape index (κ2) is 8.41. The average molecular weight is 450 g/mol. The van der Waals surface area contributed by atoms with Gasteiger partial charge in [0, 0.05) is 5.69 Å². The normalized spacial score (nSPS) is 11.2. The molecule has 0 unspecified atom stereocenters. The van der Waals surface area contributed by atoms with E-state index in [1.165, 1.54) is 11.8 Å². The molecular weight excluding hydrogens is 434 g/mol. The second-order valence-electron chi connectivity index (χ2n) is 6.64. The van der Waals surface area contributed by atoms with Crippen LogP contribution >= 0.6 is 23.4 Å². The molecule has 0 radical (unpaired) electrons. The molecule has 0 N–H and O–H groups in total. The summed E-state index contributed by atoms with van der Waals surface area (Å²) in [5, 5.41) is 18.4. The maximum atomic E-state index is 6.23. The Morgan fingerprint density at radius 1 is 0.903 bits per heavy atom. The summed E-state index contributed by atoms with van der Waals surface area (Å²) in [6.07, 6.45) is 1.65. The van der Waals surface area contributed by atoms with E-state index in [0.29, 0.717) is 39.1 Å². The predicted octanol–water partition coefficient (Wildman–Crippen LogP) is 5.83. The Kier molecular flexibility index (Phi) is 5.31. The Balaban J connectivity index is 1.45. The SMILES string of the molecule is Cc1occc1-c1nnc(SCc2nnc(-c3ccccc3Cl)o2)n1-c1ccccc1. The molecule has 9 heteroatoms. The summed E-state index contributed by atoms with van der Waals surface area (Å²) in [6, 6.07) is 19.2. The van der Waals surface area contributed by atoms with Gasteiger partial charge in [-0.25, -0.2) is 0 Å². The second-order valence-corrected chi connectivity index (χ2v) is 7.99. The molecule has 154 valence electrons. The smallest absolute Gasteiger partial charge is 0.249 e. The molecule has 0 aliphatic carbocycles. The Morgan fingerprint density at radius 2 is 1.71 bits per heavy atom. The van der Waals surface area contributed by atoms with Crippen LogP contribution in [0.5, 0.6) is 0 Å². The molecule has 3 aromatic heterocycles. The standard InChI is InChI=1S/C22H16ClN5O2S/c1-14-16(11-12-29-14)20-25-27-22(28(20)15-7-3-2-4-8-15)31-13-19-24-26-21(30-19)17-9-5-6-10-18(17)23/h2-12H,13H2,1H3. The number of halogens is 1. The zero-order valence-corrected chi connectivity index (χ0v) is 18.0. The summed E-state index contributed by atoms with van der Waals surface area (Å²) in [5.74, 6) is 2.79. The molecule has 5 aromatic rings. The van der Waals surface area contributed by atoms with Crippen LogP contribution in [0.1, 0.15) is 11.7 Å². The van der Waals surface area contributed by atoms with E-state index in [9.17, 15) is 0 Å². The van der Waals surface area contributed by atoms with Crippen molar-refractivity contribution in [1.82, 2.24) is 25.0 Å². The number of thioether (sulfide) groups is 1. The molecule has 0 saturated heterocycles. The van der Waals surface area contributed by atoms with Crippen LogP contribution in [0.4, 0.5) is 0 Å². The van der Waals surface area contributed by atoms with Crippen molar-refractivity contribution in [3.63, 3.8) is 0 Å². The number of aryl methyl sites for hydroxylation is 1. The molecule has 7 nitrogen and oxygen atoms in total. The summed E-state index contributed by atoms with van der Waals surface area (Å²) in [6.45, 7) is 1.90. The summed E-state index contributed by atoms with van der Waals surface area (Å²) in [4.78, 5) is 0.